The zero-order valence-corrected chi connectivity index (χ0v) is 18.2. The largest absolute Gasteiger partial charge is 0.464 e. The van der Waals surface area contributed by atoms with Crippen molar-refractivity contribution in [3.8, 4) is 0 Å². The molecule has 10 nitrogen and oxygen atoms in total. The highest BCUT2D eigenvalue weighted by molar-refractivity contribution is 6.02. The molecule has 10 heteroatoms. The predicted molar refractivity (Wildman–Crippen MR) is 117 cm³/mol. The van der Waals surface area contributed by atoms with Gasteiger partial charge in [-0.1, -0.05) is 0 Å². The van der Waals surface area contributed by atoms with Gasteiger partial charge in [-0.3, -0.25) is 4.68 Å². The van der Waals surface area contributed by atoms with Gasteiger partial charge in [0.2, 0.25) is 5.95 Å². The van der Waals surface area contributed by atoms with Crippen molar-refractivity contribution in [1.82, 2.24) is 24.7 Å². The molecule has 0 aliphatic carbocycles. The first-order valence-corrected chi connectivity index (χ1v) is 10.3. The van der Waals surface area contributed by atoms with Gasteiger partial charge in [-0.15, -0.1) is 0 Å². The van der Waals surface area contributed by atoms with Crippen molar-refractivity contribution in [1.29, 1.82) is 0 Å². The van der Waals surface area contributed by atoms with Crippen LogP contribution in [0.3, 0.4) is 0 Å². The average molecular weight is 425 g/mol. The number of pyridine rings is 1. The number of nitrogens with zero attached hydrogens (tertiary/aromatic N) is 6. The molecular weight excluding hydrogens is 398 g/mol. The number of nitrogens with one attached hydrogen (secondary N) is 1. The summed E-state index contributed by atoms with van der Waals surface area (Å²) in [6.45, 7) is 5.72. The minimum atomic E-state index is -0.482. The number of hydrogen-bond acceptors (Lipinski definition) is 9. The van der Waals surface area contributed by atoms with Crippen LogP contribution in [-0.4, -0.2) is 64.1 Å². The smallest absolute Gasteiger partial charge is 0.359 e. The predicted octanol–water partition coefficient (Wildman–Crippen LogP) is 2.95. The summed E-state index contributed by atoms with van der Waals surface area (Å²) in [6.07, 6.45) is 5.58. The summed E-state index contributed by atoms with van der Waals surface area (Å²) < 4.78 is 12.1. The molecule has 0 atom stereocenters. The lowest BCUT2D eigenvalue weighted by Crippen LogP contribution is -2.37. The first-order valence-electron chi connectivity index (χ1n) is 10.3. The Hall–Kier alpha value is -3.27. The second-order valence-electron chi connectivity index (χ2n) is 7.75. The summed E-state index contributed by atoms with van der Waals surface area (Å²) in [5.74, 6) is 1.45. The number of carbonyl (C=O) groups excluding carboxylic acids is 1. The summed E-state index contributed by atoms with van der Waals surface area (Å²) in [6, 6.07) is 3.73. The summed E-state index contributed by atoms with van der Waals surface area (Å²) in [5, 5.41) is 8.32. The molecule has 1 fully saturated rings. The summed E-state index contributed by atoms with van der Waals surface area (Å²) >= 11 is 0. The molecule has 1 aliphatic rings. The second kappa shape index (κ2) is 8.84. The second-order valence-corrected chi connectivity index (χ2v) is 7.75. The molecule has 3 aromatic rings. The number of aromatic nitrogens is 5. The molecule has 0 spiro atoms. The van der Waals surface area contributed by atoms with Gasteiger partial charge in [-0.05, 0) is 32.8 Å². The third-order valence-corrected chi connectivity index (χ3v) is 5.42. The lowest BCUT2D eigenvalue weighted by Gasteiger charge is -2.31. The van der Waals surface area contributed by atoms with E-state index in [9.17, 15) is 4.79 Å². The van der Waals surface area contributed by atoms with E-state index in [2.05, 4.69) is 30.3 Å². The first-order chi connectivity index (χ1) is 15.0. The van der Waals surface area contributed by atoms with Gasteiger partial charge in [-0.2, -0.15) is 10.1 Å². The molecule has 0 radical (unpaired) electrons. The number of ether oxygens (including phenoxy) is 2. The third-order valence-electron chi connectivity index (χ3n) is 5.42. The molecule has 4 heterocycles. The van der Waals surface area contributed by atoms with E-state index in [1.54, 1.807) is 30.3 Å². The fraction of sp³-hybridized carbons (Fsp3) is 0.476. The monoisotopic (exact) mass is 425 g/mol. The third kappa shape index (κ3) is 4.29. The van der Waals surface area contributed by atoms with E-state index in [1.807, 2.05) is 19.9 Å². The zero-order chi connectivity index (χ0) is 22.0. The molecule has 0 saturated carbocycles. The lowest BCUT2D eigenvalue weighted by atomic mass is 10.1. The quantitative estimate of drug-likeness (QED) is 0.596. The average Bonchev–Trinajstić information content (AvgIpc) is 3.18. The maximum atomic E-state index is 12.1. The maximum absolute atomic E-state index is 12.1. The number of anilines is 3. The van der Waals surface area contributed by atoms with Crippen molar-refractivity contribution in [2.75, 3.05) is 37.5 Å². The van der Waals surface area contributed by atoms with Crippen LogP contribution in [-0.2, 0) is 9.47 Å². The highest BCUT2D eigenvalue weighted by Crippen LogP contribution is 2.26. The number of hydrogen-bond donors (Lipinski definition) is 1. The molecule has 0 unspecified atom stereocenters. The van der Waals surface area contributed by atoms with Crippen molar-refractivity contribution in [2.45, 2.75) is 38.8 Å². The van der Waals surface area contributed by atoms with Gasteiger partial charge in [-0.25, -0.2) is 14.8 Å². The highest BCUT2D eigenvalue weighted by atomic mass is 16.5. The van der Waals surface area contributed by atoms with Crippen LogP contribution >= 0.6 is 0 Å². The van der Waals surface area contributed by atoms with Crippen LogP contribution in [0, 0.1) is 0 Å². The molecule has 1 saturated heterocycles. The van der Waals surface area contributed by atoms with E-state index in [1.165, 1.54) is 7.11 Å². The lowest BCUT2D eigenvalue weighted by molar-refractivity contribution is 0.0595. The van der Waals surface area contributed by atoms with E-state index < -0.39 is 5.97 Å². The summed E-state index contributed by atoms with van der Waals surface area (Å²) in [7, 11) is 3.10. The van der Waals surface area contributed by atoms with Gasteiger partial charge in [0.1, 0.15) is 11.6 Å². The molecule has 1 aliphatic heterocycles. The number of methoxy groups -OCH3 is 2. The SMILES string of the molecule is COC(=O)c1nn(C(C)C)c2cc(Nc3ccnc(N4CCC(OC)CC4)n3)ncc12. The van der Waals surface area contributed by atoms with Crippen molar-refractivity contribution in [2.24, 2.45) is 0 Å². The van der Waals surface area contributed by atoms with Crippen LogP contribution in [0.5, 0.6) is 0 Å². The minimum Gasteiger partial charge on any atom is -0.464 e. The van der Waals surface area contributed by atoms with E-state index >= 15 is 0 Å². The van der Waals surface area contributed by atoms with E-state index in [-0.39, 0.29) is 11.7 Å². The minimum absolute atomic E-state index is 0.0665. The fourth-order valence-electron chi connectivity index (χ4n) is 3.73. The number of rotatable bonds is 6. The Balaban J connectivity index is 1.59. The number of carbonyl (C=O) groups is 1. The number of piperidine rings is 1. The molecule has 31 heavy (non-hydrogen) atoms. The maximum Gasteiger partial charge on any atom is 0.359 e. The highest BCUT2D eigenvalue weighted by Gasteiger charge is 2.22. The van der Waals surface area contributed by atoms with Crippen LogP contribution in [0.25, 0.3) is 10.9 Å². The van der Waals surface area contributed by atoms with E-state index in [0.717, 1.165) is 31.4 Å². The Morgan fingerprint density at radius 1 is 1.19 bits per heavy atom. The Labute approximate surface area is 180 Å². The first kappa shape index (κ1) is 21.0. The van der Waals surface area contributed by atoms with Crippen LogP contribution in [0.2, 0.25) is 0 Å². The topological polar surface area (TPSA) is 107 Å². The molecule has 164 valence electrons. The molecule has 0 amide bonds. The van der Waals surface area contributed by atoms with Gasteiger partial charge >= 0.3 is 5.97 Å². The van der Waals surface area contributed by atoms with Gasteiger partial charge in [0.25, 0.3) is 0 Å². The Kier molecular flexibility index (Phi) is 5.99. The summed E-state index contributed by atoms with van der Waals surface area (Å²) in [5.41, 5.74) is 1.05. The van der Waals surface area contributed by atoms with Gasteiger partial charge in [0.05, 0.1) is 24.1 Å². The normalized spacial score (nSPS) is 14.9. The number of esters is 1. The van der Waals surface area contributed by atoms with Gasteiger partial charge in [0.15, 0.2) is 5.69 Å². The van der Waals surface area contributed by atoms with Gasteiger partial charge < -0.3 is 19.7 Å². The molecule has 4 rings (SSSR count). The Morgan fingerprint density at radius 3 is 2.65 bits per heavy atom. The van der Waals surface area contributed by atoms with Crippen LogP contribution in [0.4, 0.5) is 17.6 Å². The fourth-order valence-corrected chi connectivity index (χ4v) is 3.73. The van der Waals surface area contributed by atoms with Crippen LogP contribution in [0.15, 0.2) is 24.5 Å². The van der Waals surface area contributed by atoms with Gasteiger partial charge in [0, 0.05) is 44.7 Å². The van der Waals surface area contributed by atoms with Crippen molar-refractivity contribution < 1.29 is 14.3 Å². The van der Waals surface area contributed by atoms with Crippen molar-refractivity contribution in [3.05, 3.63) is 30.2 Å². The molecular formula is C21H27N7O3. The van der Waals surface area contributed by atoms with Crippen LogP contribution < -0.4 is 10.2 Å². The Bertz CT molecular complexity index is 1070. The van der Waals surface area contributed by atoms with Crippen LogP contribution in [0.1, 0.15) is 43.2 Å². The number of fused-ring (bicyclic) bond motifs is 1. The van der Waals surface area contributed by atoms with E-state index in [0.29, 0.717) is 29.1 Å². The molecule has 3 aromatic heterocycles. The molecule has 0 bridgehead atoms. The zero-order valence-electron chi connectivity index (χ0n) is 18.2. The van der Waals surface area contributed by atoms with Crippen molar-refractivity contribution in [3.63, 3.8) is 0 Å². The summed E-state index contributed by atoms with van der Waals surface area (Å²) in [4.78, 5) is 27.8. The molecule has 1 N–H and O–H groups in total. The molecule has 0 aromatic carbocycles. The van der Waals surface area contributed by atoms with Crippen molar-refractivity contribution >= 4 is 34.5 Å². The standard InChI is InChI=1S/C21H27N7O3/c1-13(2)28-16-11-18(23-12-15(16)19(26-28)20(29)31-4)24-17-5-8-22-21(25-17)27-9-6-14(30-3)7-10-27/h5,8,11-14H,6-7,9-10H2,1-4H3,(H,22,23,24,25). The Morgan fingerprint density at radius 2 is 1.97 bits per heavy atom. The van der Waals surface area contributed by atoms with E-state index in [4.69, 9.17) is 9.47 Å².